The van der Waals surface area contributed by atoms with Crippen LogP contribution in [0.2, 0.25) is 0 Å². The van der Waals surface area contributed by atoms with Gasteiger partial charge < -0.3 is 15.0 Å². The highest BCUT2D eigenvalue weighted by molar-refractivity contribution is 6.01. The standard InChI is InChI=1S/C24H23N9O2/c25-22(30-31-26)20-13-29-33-23(20)28-12-19(24(33)32-11-10-27-21(34)14-32)17-6-8-18(9-7-17)35-15-16-4-2-1-3-5-16/h1-9,12-13H,10-11,14-15H2,(H,27,34)(H3,25,26,30). The molecule has 0 unspecified atom stereocenters. The van der Waals surface area contributed by atoms with Gasteiger partial charge in [0, 0.05) is 24.8 Å². The summed E-state index contributed by atoms with van der Waals surface area (Å²) in [7, 11) is 0. The molecular weight excluding hydrogens is 446 g/mol. The first-order valence-corrected chi connectivity index (χ1v) is 11.0. The molecule has 11 nitrogen and oxygen atoms in total. The number of aromatic nitrogens is 3. The molecule has 11 heteroatoms. The van der Waals surface area contributed by atoms with E-state index in [-0.39, 0.29) is 18.3 Å². The van der Waals surface area contributed by atoms with E-state index >= 15 is 0 Å². The Bertz CT molecular complexity index is 1380. The van der Waals surface area contributed by atoms with Crippen LogP contribution >= 0.6 is 0 Å². The Labute approximate surface area is 200 Å². The zero-order valence-corrected chi connectivity index (χ0v) is 18.7. The number of nitrogens with zero attached hydrogens (tertiary/aromatic N) is 5. The van der Waals surface area contributed by atoms with E-state index < -0.39 is 0 Å². The summed E-state index contributed by atoms with van der Waals surface area (Å²) in [6.45, 7) is 1.76. The van der Waals surface area contributed by atoms with Gasteiger partial charge in [-0.05, 0) is 23.3 Å². The van der Waals surface area contributed by atoms with Gasteiger partial charge in [0.25, 0.3) is 0 Å². The molecule has 1 fully saturated rings. The molecule has 2 aromatic carbocycles. The average Bonchev–Trinajstić information content (AvgIpc) is 3.32. The summed E-state index contributed by atoms with van der Waals surface area (Å²) in [6, 6.07) is 17.7. The third kappa shape index (κ3) is 4.51. The van der Waals surface area contributed by atoms with Crippen LogP contribution < -0.4 is 20.4 Å². The number of hydrogen-bond donors (Lipinski definition) is 4. The van der Waals surface area contributed by atoms with Crippen LogP contribution in [-0.2, 0) is 11.4 Å². The van der Waals surface area contributed by atoms with Crippen molar-refractivity contribution >= 4 is 23.2 Å². The maximum atomic E-state index is 12.2. The number of nitrogens with one attached hydrogen (secondary N) is 4. The number of ether oxygens (including phenoxy) is 1. The SMILES string of the molecule is N=NNC(=N)c1cnn2c(N3CCNC(=O)C3)c(-c3ccc(OCc4ccccc4)cc3)cnc12. The van der Waals surface area contributed by atoms with Gasteiger partial charge in [0.05, 0.1) is 18.3 Å². The fourth-order valence-electron chi connectivity index (χ4n) is 4.01. The molecule has 3 heterocycles. The molecule has 4 N–H and O–H groups in total. The molecule has 1 saturated heterocycles. The largest absolute Gasteiger partial charge is 0.489 e. The molecule has 2 aromatic heterocycles. The number of anilines is 1. The Morgan fingerprint density at radius 3 is 2.69 bits per heavy atom. The summed E-state index contributed by atoms with van der Waals surface area (Å²) in [5.41, 5.74) is 12.9. The summed E-state index contributed by atoms with van der Waals surface area (Å²) < 4.78 is 7.54. The first-order valence-electron chi connectivity index (χ1n) is 11.0. The van der Waals surface area contributed by atoms with Gasteiger partial charge in [-0.15, -0.1) is 0 Å². The zero-order valence-electron chi connectivity index (χ0n) is 18.7. The molecular formula is C24H23N9O2. The van der Waals surface area contributed by atoms with Gasteiger partial charge in [0.2, 0.25) is 5.91 Å². The third-order valence-electron chi connectivity index (χ3n) is 5.69. The Balaban J connectivity index is 1.51. The Morgan fingerprint density at radius 2 is 1.94 bits per heavy atom. The number of benzene rings is 2. The molecule has 1 amide bonds. The first kappa shape index (κ1) is 22.0. The smallest absolute Gasteiger partial charge is 0.239 e. The predicted molar refractivity (Wildman–Crippen MR) is 130 cm³/mol. The van der Waals surface area contributed by atoms with Crippen LogP contribution in [0.5, 0.6) is 5.75 Å². The number of amidine groups is 1. The predicted octanol–water partition coefficient (Wildman–Crippen LogP) is 2.77. The molecule has 0 aliphatic carbocycles. The number of hydrogen-bond acceptors (Lipinski definition) is 8. The van der Waals surface area contributed by atoms with Crippen LogP contribution in [0.25, 0.3) is 16.8 Å². The minimum absolute atomic E-state index is 0.0772. The van der Waals surface area contributed by atoms with Crippen LogP contribution in [0, 0.1) is 10.9 Å². The van der Waals surface area contributed by atoms with Crippen molar-refractivity contribution in [3.63, 3.8) is 0 Å². The fourth-order valence-corrected chi connectivity index (χ4v) is 4.01. The van der Waals surface area contributed by atoms with Crippen molar-refractivity contribution in [2.75, 3.05) is 24.5 Å². The van der Waals surface area contributed by atoms with Gasteiger partial charge in [0.1, 0.15) is 18.2 Å². The van der Waals surface area contributed by atoms with Crippen LogP contribution in [0.15, 0.2) is 72.2 Å². The van der Waals surface area contributed by atoms with Crippen LogP contribution in [0.4, 0.5) is 5.82 Å². The summed E-state index contributed by atoms with van der Waals surface area (Å²) in [5, 5.41) is 18.5. The molecule has 0 radical (unpaired) electrons. The summed E-state index contributed by atoms with van der Waals surface area (Å²) in [5.74, 6) is 1.28. The van der Waals surface area contributed by atoms with E-state index in [0.717, 1.165) is 22.4 Å². The van der Waals surface area contributed by atoms with Crippen molar-refractivity contribution in [3.05, 3.63) is 78.1 Å². The summed E-state index contributed by atoms with van der Waals surface area (Å²) in [4.78, 5) is 18.7. The van der Waals surface area contributed by atoms with E-state index in [0.29, 0.717) is 36.7 Å². The number of piperazine rings is 1. The molecule has 5 rings (SSSR count). The van der Waals surface area contributed by atoms with Crippen molar-refractivity contribution in [2.45, 2.75) is 6.61 Å². The number of amides is 1. The van der Waals surface area contributed by atoms with Crippen molar-refractivity contribution in [3.8, 4) is 16.9 Å². The Kier molecular flexibility index (Phi) is 6.03. The molecule has 0 saturated carbocycles. The number of fused-ring (bicyclic) bond motifs is 1. The maximum Gasteiger partial charge on any atom is 0.239 e. The summed E-state index contributed by atoms with van der Waals surface area (Å²) >= 11 is 0. The molecule has 176 valence electrons. The minimum Gasteiger partial charge on any atom is -0.489 e. The van der Waals surface area contributed by atoms with E-state index in [1.807, 2.05) is 59.5 Å². The highest BCUT2D eigenvalue weighted by atomic mass is 16.5. The zero-order chi connectivity index (χ0) is 24.2. The van der Waals surface area contributed by atoms with Crippen LogP contribution in [0.1, 0.15) is 11.1 Å². The van der Waals surface area contributed by atoms with Crippen molar-refractivity contribution < 1.29 is 9.53 Å². The lowest BCUT2D eigenvalue weighted by Gasteiger charge is -2.30. The van der Waals surface area contributed by atoms with Gasteiger partial charge in [0.15, 0.2) is 11.5 Å². The van der Waals surface area contributed by atoms with Crippen LogP contribution in [-0.4, -0.2) is 46.0 Å². The van der Waals surface area contributed by atoms with Crippen LogP contribution in [0.3, 0.4) is 0 Å². The quantitative estimate of drug-likeness (QED) is 0.142. The molecule has 0 atom stereocenters. The first-order chi connectivity index (χ1) is 17.1. The van der Waals surface area contributed by atoms with E-state index in [9.17, 15) is 4.79 Å². The highest BCUT2D eigenvalue weighted by Crippen LogP contribution is 2.33. The van der Waals surface area contributed by atoms with E-state index in [1.165, 1.54) is 6.20 Å². The van der Waals surface area contributed by atoms with Crippen molar-refractivity contribution in [1.29, 1.82) is 10.9 Å². The van der Waals surface area contributed by atoms with Gasteiger partial charge >= 0.3 is 0 Å². The topological polar surface area (TPSA) is 144 Å². The third-order valence-corrected chi connectivity index (χ3v) is 5.69. The normalized spacial score (nSPS) is 13.4. The molecule has 35 heavy (non-hydrogen) atoms. The second-order valence-corrected chi connectivity index (χ2v) is 7.96. The lowest BCUT2D eigenvalue weighted by Crippen LogP contribution is -2.48. The van der Waals surface area contributed by atoms with Gasteiger partial charge in [-0.2, -0.15) is 15.1 Å². The number of carbonyl (C=O) groups is 1. The average molecular weight is 470 g/mol. The Hall–Kier alpha value is -4.80. The lowest BCUT2D eigenvalue weighted by molar-refractivity contribution is -0.120. The monoisotopic (exact) mass is 469 g/mol. The molecule has 0 spiro atoms. The molecule has 4 aromatic rings. The number of rotatable bonds is 7. The second kappa shape index (κ2) is 9.59. The highest BCUT2D eigenvalue weighted by Gasteiger charge is 2.25. The van der Waals surface area contributed by atoms with E-state index in [2.05, 4.69) is 26.0 Å². The number of carbonyl (C=O) groups excluding carboxylic acids is 1. The van der Waals surface area contributed by atoms with Gasteiger partial charge in [-0.25, -0.2) is 10.4 Å². The second-order valence-electron chi connectivity index (χ2n) is 7.96. The lowest BCUT2D eigenvalue weighted by atomic mass is 10.1. The maximum absolute atomic E-state index is 12.2. The van der Waals surface area contributed by atoms with Crippen molar-refractivity contribution in [2.24, 2.45) is 5.22 Å². The Morgan fingerprint density at radius 1 is 1.14 bits per heavy atom. The van der Waals surface area contributed by atoms with Gasteiger partial charge in [-0.1, -0.05) is 47.7 Å². The fraction of sp³-hybridized carbons (Fsp3) is 0.167. The molecule has 0 bridgehead atoms. The molecule has 1 aliphatic heterocycles. The van der Waals surface area contributed by atoms with E-state index in [1.54, 1.807) is 10.7 Å². The molecule has 1 aliphatic rings. The van der Waals surface area contributed by atoms with Gasteiger partial charge in [-0.3, -0.25) is 10.2 Å². The minimum atomic E-state index is -0.0856. The van der Waals surface area contributed by atoms with Crippen molar-refractivity contribution in [1.82, 2.24) is 25.3 Å². The van der Waals surface area contributed by atoms with E-state index in [4.69, 9.17) is 15.7 Å². The summed E-state index contributed by atoms with van der Waals surface area (Å²) in [6.07, 6.45) is 3.22.